The van der Waals surface area contributed by atoms with Crippen LogP contribution in [0.2, 0.25) is 0 Å². The number of nitrogens with zero attached hydrogens (tertiary/aromatic N) is 6. The quantitative estimate of drug-likeness (QED) is 0.194. The first-order chi connectivity index (χ1) is 22.8. The van der Waals surface area contributed by atoms with E-state index in [0.717, 1.165) is 70.6 Å². The number of aromatic nitrogens is 4. The Balaban J connectivity index is 1.08. The Hall–Kier alpha value is -4.86. The zero-order valence-corrected chi connectivity index (χ0v) is 28.6. The molecular weight excluding hydrogens is 604 g/mol. The number of imidazole rings is 2. The highest BCUT2D eigenvalue weighted by Crippen LogP contribution is 2.35. The number of benzene rings is 1. The molecule has 0 spiro atoms. The Bertz CT molecular complexity index is 1840. The third-order valence-electron chi connectivity index (χ3n) is 8.94. The second-order valence-electron chi connectivity index (χ2n) is 14.9. The molecule has 0 aliphatic carbocycles. The molecule has 0 unspecified atom stereocenters. The van der Waals surface area contributed by atoms with Crippen LogP contribution in [0.25, 0.3) is 33.5 Å². The van der Waals surface area contributed by atoms with Crippen LogP contribution in [-0.4, -0.2) is 65.0 Å². The maximum Gasteiger partial charge on any atom is 0.410 e. The molecule has 250 valence electrons. The van der Waals surface area contributed by atoms with Crippen molar-refractivity contribution in [1.82, 2.24) is 28.6 Å². The number of fused-ring (bicyclic) bond motifs is 2. The van der Waals surface area contributed by atoms with Gasteiger partial charge in [-0.2, -0.15) is 0 Å². The fourth-order valence-corrected chi connectivity index (χ4v) is 6.77. The highest BCUT2D eigenvalue weighted by molar-refractivity contribution is 5.72. The van der Waals surface area contributed by atoms with E-state index in [-0.39, 0.29) is 24.3 Å². The molecule has 0 radical (unpaired) electrons. The van der Waals surface area contributed by atoms with Crippen molar-refractivity contribution < 1.29 is 19.1 Å². The molecule has 0 bridgehead atoms. The van der Waals surface area contributed by atoms with Crippen LogP contribution in [0.4, 0.5) is 9.59 Å². The molecule has 2 saturated heterocycles. The molecule has 2 aliphatic rings. The Morgan fingerprint density at radius 3 is 1.33 bits per heavy atom. The molecule has 7 rings (SSSR count). The summed E-state index contributed by atoms with van der Waals surface area (Å²) in [4.78, 5) is 39.1. The molecule has 2 amide bonds. The van der Waals surface area contributed by atoms with Gasteiger partial charge in [0.2, 0.25) is 0 Å². The lowest BCUT2D eigenvalue weighted by Crippen LogP contribution is -2.36. The lowest BCUT2D eigenvalue weighted by atomic mass is 10.0. The maximum atomic E-state index is 12.9. The Morgan fingerprint density at radius 1 is 0.583 bits per heavy atom. The highest BCUT2D eigenvalue weighted by atomic mass is 16.6. The summed E-state index contributed by atoms with van der Waals surface area (Å²) in [5.74, 6) is 0. The number of ether oxygens (including phenoxy) is 2. The number of hydrogen-bond acceptors (Lipinski definition) is 6. The average Bonchev–Trinajstić information content (AvgIpc) is 3.83. The number of amides is 2. The summed E-state index contributed by atoms with van der Waals surface area (Å²) in [6.07, 6.45) is 11.3. The van der Waals surface area contributed by atoms with Gasteiger partial charge in [0, 0.05) is 37.9 Å². The normalized spacial score (nSPS) is 18.6. The number of carbonyl (C=O) groups is 2. The van der Waals surface area contributed by atoms with Crippen molar-refractivity contribution in [3.05, 3.63) is 84.7 Å². The van der Waals surface area contributed by atoms with E-state index in [0.29, 0.717) is 13.1 Å². The van der Waals surface area contributed by atoms with Crippen LogP contribution >= 0.6 is 0 Å². The van der Waals surface area contributed by atoms with Gasteiger partial charge in [0.05, 0.1) is 23.5 Å². The number of hydrogen-bond donors (Lipinski definition) is 0. The van der Waals surface area contributed by atoms with Crippen LogP contribution in [0.1, 0.15) is 90.7 Å². The molecule has 6 heterocycles. The maximum absolute atomic E-state index is 12.9. The van der Waals surface area contributed by atoms with Crippen LogP contribution in [-0.2, 0) is 9.47 Å². The van der Waals surface area contributed by atoms with Gasteiger partial charge in [-0.05, 0) is 114 Å². The summed E-state index contributed by atoms with van der Waals surface area (Å²) in [7, 11) is 0. The average molecular weight is 649 g/mol. The summed E-state index contributed by atoms with van der Waals surface area (Å²) >= 11 is 0. The minimum Gasteiger partial charge on any atom is -0.444 e. The van der Waals surface area contributed by atoms with Crippen molar-refractivity contribution in [2.75, 3.05) is 13.1 Å². The summed E-state index contributed by atoms with van der Waals surface area (Å²) in [5, 5.41) is 0. The van der Waals surface area contributed by atoms with Crippen molar-refractivity contribution in [3.8, 4) is 22.3 Å². The molecule has 48 heavy (non-hydrogen) atoms. The van der Waals surface area contributed by atoms with Crippen molar-refractivity contribution in [1.29, 1.82) is 0 Å². The topological polar surface area (TPSA) is 93.7 Å². The molecular formula is C38H44N6O4. The van der Waals surface area contributed by atoms with Crippen molar-refractivity contribution >= 4 is 23.5 Å². The van der Waals surface area contributed by atoms with Crippen molar-refractivity contribution in [2.24, 2.45) is 0 Å². The minimum atomic E-state index is -0.536. The molecule has 1 aromatic carbocycles. The van der Waals surface area contributed by atoms with Gasteiger partial charge in [-0.3, -0.25) is 9.80 Å². The van der Waals surface area contributed by atoms with E-state index in [9.17, 15) is 9.59 Å². The molecule has 4 aromatic heterocycles. The first-order valence-electron chi connectivity index (χ1n) is 16.9. The lowest BCUT2D eigenvalue weighted by Gasteiger charge is -2.27. The van der Waals surface area contributed by atoms with Gasteiger partial charge >= 0.3 is 12.2 Å². The third kappa shape index (κ3) is 6.48. The fraction of sp³-hybridized carbons (Fsp3) is 0.421. The second kappa shape index (κ2) is 12.0. The predicted octanol–water partition coefficient (Wildman–Crippen LogP) is 8.46. The zero-order chi connectivity index (χ0) is 33.8. The number of likely N-dealkylation sites (tertiary alicyclic amines) is 2. The second-order valence-corrected chi connectivity index (χ2v) is 14.9. The van der Waals surface area contributed by atoms with E-state index in [1.807, 2.05) is 84.7 Å². The van der Waals surface area contributed by atoms with Crippen LogP contribution in [0, 0.1) is 0 Å². The van der Waals surface area contributed by atoms with E-state index in [1.54, 1.807) is 0 Å². The summed E-state index contributed by atoms with van der Waals surface area (Å²) < 4.78 is 15.4. The lowest BCUT2D eigenvalue weighted by molar-refractivity contribution is 0.0211. The molecule has 0 saturated carbocycles. The van der Waals surface area contributed by atoms with Crippen molar-refractivity contribution in [3.63, 3.8) is 0 Å². The van der Waals surface area contributed by atoms with Crippen LogP contribution in [0.15, 0.2) is 73.3 Å². The molecule has 10 nitrogen and oxygen atoms in total. The van der Waals surface area contributed by atoms with Gasteiger partial charge in [-0.25, -0.2) is 19.6 Å². The highest BCUT2D eigenvalue weighted by Gasteiger charge is 2.36. The predicted molar refractivity (Wildman–Crippen MR) is 185 cm³/mol. The molecule has 2 fully saturated rings. The number of pyridine rings is 2. The van der Waals surface area contributed by atoms with Gasteiger partial charge in [0.15, 0.2) is 0 Å². The van der Waals surface area contributed by atoms with Crippen LogP contribution < -0.4 is 0 Å². The van der Waals surface area contributed by atoms with E-state index >= 15 is 0 Å². The molecule has 10 heteroatoms. The van der Waals surface area contributed by atoms with E-state index in [2.05, 4.69) is 48.8 Å². The SMILES string of the molecule is CC(C)(C)OC(=O)N1CCC[C@H]1c1cn2cc(-c3ccc(-c4ccc5nc([C@@H]6CCCN6C(=O)OC(C)(C)C)cn5c4)cc3)ccc2n1. The van der Waals surface area contributed by atoms with Crippen LogP contribution in [0.3, 0.4) is 0 Å². The van der Waals surface area contributed by atoms with Crippen LogP contribution in [0.5, 0.6) is 0 Å². The van der Waals surface area contributed by atoms with Gasteiger partial charge < -0.3 is 18.3 Å². The summed E-state index contributed by atoms with van der Waals surface area (Å²) in [5.41, 5.74) is 6.75. The summed E-state index contributed by atoms with van der Waals surface area (Å²) in [6, 6.07) is 16.6. The smallest absolute Gasteiger partial charge is 0.410 e. The Morgan fingerprint density at radius 2 is 0.958 bits per heavy atom. The third-order valence-corrected chi connectivity index (χ3v) is 8.94. The Labute approximate surface area is 281 Å². The van der Waals surface area contributed by atoms with Gasteiger partial charge in [0.25, 0.3) is 0 Å². The Kier molecular flexibility index (Phi) is 7.92. The van der Waals surface area contributed by atoms with E-state index in [1.165, 1.54) is 0 Å². The largest absolute Gasteiger partial charge is 0.444 e. The molecule has 0 N–H and O–H groups in total. The fourth-order valence-electron chi connectivity index (χ4n) is 6.77. The van der Waals surface area contributed by atoms with Gasteiger partial charge in [0.1, 0.15) is 22.5 Å². The zero-order valence-electron chi connectivity index (χ0n) is 28.6. The minimum absolute atomic E-state index is 0.0894. The first kappa shape index (κ1) is 31.7. The van der Waals surface area contributed by atoms with E-state index < -0.39 is 11.2 Å². The number of carbonyl (C=O) groups excluding carboxylic acids is 2. The van der Waals surface area contributed by atoms with Gasteiger partial charge in [-0.15, -0.1) is 0 Å². The monoisotopic (exact) mass is 648 g/mol. The van der Waals surface area contributed by atoms with Crippen molar-refractivity contribution in [2.45, 2.75) is 90.5 Å². The standard InChI is InChI=1S/C38H44N6O4/c1-37(2,3)47-35(45)43-19-7-9-31(43)29-23-41-21-27(15-17-33(41)39-29)25-11-13-26(14-12-25)28-16-18-34-40-30(24-42(34)22-28)32-10-8-20-44(32)36(46)48-38(4,5)6/h11-18,21-24,31-32H,7-10,19-20H2,1-6H3/t31-,32-/m0/s1. The summed E-state index contributed by atoms with van der Waals surface area (Å²) in [6.45, 7) is 12.7. The number of rotatable bonds is 4. The van der Waals surface area contributed by atoms with Gasteiger partial charge in [-0.1, -0.05) is 24.3 Å². The van der Waals surface area contributed by atoms with E-state index in [4.69, 9.17) is 19.4 Å². The molecule has 5 aromatic rings. The first-order valence-corrected chi connectivity index (χ1v) is 16.9. The molecule has 2 aliphatic heterocycles. The molecule has 2 atom stereocenters.